The van der Waals surface area contributed by atoms with E-state index in [0.717, 1.165) is 21.9 Å². The first-order valence-corrected chi connectivity index (χ1v) is 9.15. The number of hydrogen-bond donors (Lipinski definition) is 2. The van der Waals surface area contributed by atoms with E-state index in [2.05, 4.69) is 41.5 Å². The van der Waals surface area contributed by atoms with Crippen molar-refractivity contribution in [3.8, 4) is 5.75 Å². The van der Waals surface area contributed by atoms with Crippen LogP contribution >= 0.6 is 0 Å². The first-order valence-electron chi connectivity index (χ1n) is 9.15. The van der Waals surface area contributed by atoms with Crippen LogP contribution in [0, 0.1) is 0 Å². The molecule has 0 saturated heterocycles. The van der Waals surface area contributed by atoms with Gasteiger partial charge in [-0.1, -0.05) is 66.7 Å². The van der Waals surface area contributed by atoms with E-state index in [9.17, 15) is 5.11 Å². The van der Waals surface area contributed by atoms with Crippen LogP contribution in [0.2, 0.25) is 0 Å². The van der Waals surface area contributed by atoms with Gasteiger partial charge in [0.25, 0.3) is 0 Å². The Morgan fingerprint density at radius 2 is 1.56 bits per heavy atom. The number of phenols is 1. The average molecular weight is 354 g/mol. The third kappa shape index (κ3) is 3.55. The Balaban J connectivity index is 1.84. The lowest BCUT2D eigenvalue weighted by Crippen LogP contribution is -2.26. The van der Waals surface area contributed by atoms with Crippen molar-refractivity contribution in [2.45, 2.75) is 19.0 Å². The lowest BCUT2D eigenvalue weighted by Gasteiger charge is -2.26. The summed E-state index contributed by atoms with van der Waals surface area (Å²) in [5, 5.41) is 16.6. The van der Waals surface area contributed by atoms with Crippen molar-refractivity contribution in [1.82, 2.24) is 10.3 Å². The molecule has 2 unspecified atom stereocenters. The van der Waals surface area contributed by atoms with Gasteiger partial charge in [0, 0.05) is 24.0 Å². The second-order valence-corrected chi connectivity index (χ2v) is 6.74. The predicted molar refractivity (Wildman–Crippen MR) is 110 cm³/mol. The topological polar surface area (TPSA) is 45.2 Å². The lowest BCUT2D eigenvalue weighted by atomic mass is 9.92. The summed E-state index contributed by atoms with van der Waals surface area (Å²) in [6.45, 7) is 2.14. The molecule has 27 heavy (non-hydrogen) atoms. The normalized spacial score (nSPS) is 13.4. The molecule has 1 heterocycles. The summed E-state index contributed by atoms with van der Waals surface area (Å²) in [7, 11) is 0. The van der Waals surface area contributed by atoms with E-state index in [4.69, 9.17) is 0 Å². The zero-order chi connectivity index (χ0) is 18.6. The fraction of sp³-hybridized carbons (Fsp3) is 0.125. The van der Waals surface area contributed by atoms with Gasteiger partial charge in [0.15, 0.2) is 0 Å². The third-order valence-electron chi connectivity index (χ3n) is 4.97. The summed E-state index contributed by atoms with van der Waals surface area (Å²) < 4.78 is 0. The number of rotatable bonds is 5. The van der Waals surface area contributed by atoms with Gasteiger partial charge in [0.05, 0.1) is 6.04 Å². The van der Waals surface area contributed by atoms with Crippen molar-refractivity contribution in [1.29, 1.82) is 0 Å². The molecule has 0 spiro atoms. The largest absolute Gasteiger partial charge is 0.508 e. The second kappa shape index (κ2) is 7.60. The number of nitrogens with zero attached hydrogens (tertiary/aromatic N) is 1. The van der Waals surface area contributed by atoms with Gasteiger partial charge >= 0.3 is 0 Å². The predicted octanol–water partition coefficient (Wildman–Crippen LogP) is 5.38. The van der Waals surface area contributed by atoms with E-state index in [1.165, 1.54) is 5.56 Å². The van der Waals surface area contributed by atoms with Gasteiger partial charge in [0.1, 0.15) is 5.75 Å². The molecular weight excluding hydrogens is 332 g/mol. The Hall–Kier alpha value is -3.17. The van der Waals surface area contributed by atoms with Crippen LogP contribution in [0.1, 0.15) is 35.7 Å². The molecule has 4 rings (SSSR count). The van der Waals surface area contributed by atoms with Gasteiger partial charge in [-0.3, -0.25) is 10.3 Å². The van der Waals surface area contributed by atoms with Crippen LogP contribution < -0.4 is 5.32 Å². The van der Waals surface area contributed by atoms with E-state index < -0.39 is 0 Å². The summed E-state index contributed by atoms with van der Waals surface area (Å²) in [6, 6.07) is 26.1. The Bertz CT molecular complexity index is 1030. The molecule has 0 saturated carbocycles. The van der Waals surface area contributed by atoms with Gasteiger partial charge in [-0.25, -0.2) is 0 Å². The van der Waals surface area contributed by atoms with E-state index in [1.54, 1.807) is 12.3 Å². The molecule has 2 atom stereocenters. The second-order valence-electron chi connectivity index (χ2n) is 6.74. The summed E-state index contributed by atoms with van der Waals surface area (Å²) in [6.07, 6.45) is 3.63. The molecule has 0 aliphatic rings. The maximum absolute atomic E-state index is 10.8. The van der Waals surface area contributed by atoms with Crippen LogP contribution in [0.5, 0.6) is 5.75 Å². The minimum Gasteiger partial charge on any atom is -0.508 e. The number of phenolic OH excluding ortho intramolecular Hbond substituents is 1. The number of nitrogens with one attached hydrogen (secondary N) is 1. The zero-order valence-corrected chi connectivity index (χ0v) is 15.2. The van der Waals surface area contributed by atoms with E-state index in [1.807, 2.05) is 54.7 Å². The number of fused-ring (bicyclic) bond motifs is 1. The van der Waals surface area contributed by atoms with Crippen LogP contribution in [-0.2, 0) is 0 Å². The van der Waals surface area contributed by atoms with Crippen LogP contribution in [-0.4, -0.2) is 10.1 Å². The van der Waals surface area contributed by atoms with Crippen LogP contribution in [0.3, 0.4) is 0 Å². The van der Waals surface area contributed by atoms with Gasteiger partial charge in [0.2, 0.25) is 0 Å². The molecule has 134 valence electrons. The Kier molecular flexibility index (Phi) is 4.86. The summed E-state index contributed by atoms with van der Waals surface area (Å²) in [5.41, 5.74) is 3.10. The monoisotopic (exact) mass is 354 g/mol. The van der Waals surface area contributed by atoms with Crippen LogP contribution in [0.4, 0.5) is 0 Å². The van der Waals surface area contributed by atoms with Crippen molar-refractivity contribution in [2.75, 3.05) is 0 Å². The SMILES string of the molecule is CC(NC(c1cccnc1)c1c(O)ccc2ccccc12)c1ccccc1. The molecular formula is C24H22N2O. The fourth-order valence-electron chi connectivity index (χ4n) is 3.57. The zero-order valence-electron chi connectivity index (χ0n) is 15.2. The molecule has 0 bridgehead atoms. The van der Waals surface area contributed by atoms with Crippen molar-refractivity contribution >= 4 is 10.8 Å². The highest BCUT2D eigenvalue weighted by Gasteiger charge is 2.22. The Morgan fingerprint density at radius 3 is 2.33 bits per heavy atom. The highest BCUT2D eigenvalue weighted by molar-refractivity contribution is 5.88. The quantitative estimate of drug-likeness (QED) is 0.506. The van der Waals surface area contributed by atoms with Crippen molar-refractivity contribution in [3.05, 3.63) is 108 Å². The molecule has 0 radical (unpaired) electrons. The molecule has 3 aromatic carbocycles. The van der Waals surface area contributed by atoms with Crippen LogP contribution in [0.15, 0.2) is 91.3 Å². The number of pyridine rings is 1. The van der Waals surface area contributed by atoms with E-state index in [-0.39, 0.29) is 17.8 Å². The number of aromatic hydroxyl groups is 1. The van der Waals surface area contributed by atoms with Crippen LogP contribution in [0.25, 0.3) is 10.8 Å². The molecule has 2 N–H and O–H groups in total. The third-order valence-corrected chi connectivity index (χ3v) is 4.97. The van der Waals surface area contributed by atoms with Gasteiger partial charge in [-0.2, -0.15) is 0 Å². The van der Waals surface area contributed by atoms with Gasteiger partial charge < -0.3 is 5.11 Å². The molecule has 0 fully saturated rings. The summed E-state index contributed by atoms with van der Waals surface area (Å²) in [4.78, 5) is 4.30. The minimum atomic E-state index is -0.181. The van der Waals surface area contributed by atoms with Gasteiger partial charge in [-0.15, -0.1) is 0 Å². The number of hydrogen-bond acceptors (Lipinski definition) is 3. The molecule has 0 aliphatic heterocycles. The molecule has 4 aromatic rings. The first kappa shape index (κ1) is 17.3. The highest BCUT2D eigenvalue weighted by atomic mass is 16.3. The summed E-state index contributed by atoms with van der Waals surface area (Å²) >= 11 is 0. The maximum atomic E-state index is 10.8. The fourth-order valence-corrected chi connectivity index (χ4v) is 3.57. The van der Waals surface area contributed by atoms with Crippen molar-refractivity contribution in [2.24, 2.45) is 0 Å². The Labute approximate surface area is 159 Å². The minimum absolute atomic E-state index is 0.106. The molecule has 1 aromatic heterocycles. The number of aromatic nitrogens is 1. The lowest BCUT2D eigenvalue weighted by molar-refractivity contribution is 0.448. The van der Waals surface area contributed by atoms with E-state index in [0.29, 0.717) is 0 Å². The molecule has 3 nitrogen and oxygen atoms in total. The van der Waals surface area contributed by atoms with Crippen molar-refractivity contribution in [3.63, 3.8) is 0 Å². The maximum Gasteiger partial charge on any atom is 0.121 e. The molecule has 3 heteroatoms. The standard InChI is InChI=1S/C24H22N2O/c1-17(18-8-3-2-4-9-18)26-24(20-11-7-15-25-16-20)23-21-12-6-5-10-19(21)13-14-22(23)27/h2-17,24,26-27H,1H3. The molecule has 0 aliphatic carbocycles. The number of benzene rings is 3. The Morgan fingerprint density at radius 1 is 0.815 bits per heavy atom. The van der Waals surface area contributed by atoms with E-state index >= 15 is 0 Å². The first-order chi connectivity index (χ1) is 13.2. The van der Waals surface area contributed by atoms with Crippen molar-refractivity contribution < 1.29 is 5.11 Å². The highest BCUT2D eigenvalue weighted by Crippen LogP contribution is 2.36. The van der Waals surface area contributed by atoms with Gasteiger partial charge in [-0.05, 0) is 41.0 Å². The summed E-state index contributed by atoms with van der Waals surface area (Å²) in [5.74, 6) is 0.287. The smallest absolute Gasteiger partial charge is 0.121 e. The molecule has 0 amide bonds. The average Bonchev–Trinajstić information content (AvgIpc) is 2.73.